The van der Waals surface area contributed by atoms with E-state index in [2.05, 4.69) is 38.1 Å². The Kier molecular flexibility index (Phi) is 10.8. The van der Waals surface area contributed by atoms with Crippen molar-refractivity contribution in [2.45, 2.75) is 59.1 Å². The molecule has 0 radical (unpaired) electrons. The molecule has 2 aliphatic rings. The second kappa shape index (κ2) is 14.4. The number of anilines is 5. The van der Waals surface area contributed by atoms with E-state index in [1.807, 2.05) is 56.0 Å². The lowest BCUT2D eigenvalue weighted by Gasteiger charge is -2.35. The topological polar surface area (TPSA) is 137 Å². The van der Waals surface area contributed by atoms with Crippen LogP contribution in [0.15, 0.2) is 48.7 Å². The van der Waals surface area contributed by atoms with Crippen molar-refractivity contribution >= 4 is 58.2 Å². The summed E-state index contributed by atoms with van der Waals surface area (Å²) in [5.74, 6) is -1.35. The minimum Gasteiger partial charge on any atom is -0.475 e. The average Bonchev–Trinajstić information content (AvgIpc) is 2.98. The predicted octanol–water partition coefficient (Wildman–Crippen LogP) is 6.96. The second-order valence-electron chi connectivity index (χ2n) is 12.3. The lowest BCUT2D eigenvalue weighted by atomic mass is 9.89. The van der Waals surface area contributed by atoms with Crippen LogP contribution in [0.25, 0.3) is 0 Å². The van der Waals surface area contributed by atoms with Crippen molar-refractivity contribution in [3.05, 3.63) is 64.8 Å². The number of likely N-dealkylation sites (tertiary alicyclic amines) is 1. The Labute approximate surface area is 269 Å². The van der Waals surface area contributed by atoms with E-state index >= 15 is 0 Å². The molecule has 5 rings (SSSR count). The van der Waals surface area contributed by atoms with Crippen LogP contribution in [0, 0.1) is 11.3 Å². The summed E-state index contributed by atoms with van der Waals surface area (Å²) in [4.78, 5) is 45.4. The molecule has 0 spiro atoms. The van der Waals surface area contributed by atoms with E-state index in [1.54, 1.807) is 6.20 Å². The second-order valence-corrected chi connectivity index (χ2v) is 12.7. The van der Waals surface area contributed by atoms with Crippen LogP contribution >= 0.6 is 11.6 Å². The highest BCUT2D eigenvalue weighted by Crippen LogP contribution is 2.30. The van der Waals surface area contributed by atoms with E-state index in [0.29, 0.717) is 36.3 Å². The molecule has 3 aromatic rings. The summed E-state index contributed by atoms with van der Waals surface area (Å²) >= 11 is 6.38. The van der Waals surface area contributed by atoms with E-state index in [1.165, 1.54) is 5.56 Å². The number of amides is 2. The fourth-order valence-electron chi connectivity index (χ4n) is 5.14. The van der Waals surface area contributed by atoms with Crippen LogP contribution in [0.3, 0.4) is 0 Å². The monoisotopic (exact) mass is 660 g/mol. The normalized spacial score (nSPS) is 15.0. The van der Waals surface area contributed by atoms with Crippen LogP contribution < -0.4 is 16.0 Å². The molecule has 46 heavy (non-hydrogen) atoms. The summed E-state index contributed by atoms with van der Waals surface area (Å²) in [6, 6.07) is 14.1. The summed E-state index contributed by atoms with van der Waals surface area (Å²) in [7, 11) is 0. The standard InChI is InChI=1S/C30H35ClN6O2.C2HF3O2/c1-30(2,3)28(39)37-13-11-20(12-14-37)16-26(38)35-25-10-9-23-17-21(25)8-7-19-5-4-6-22(15-19)34-29-32-18-24(31)27(33-23)36-29;3-2(4,5)1(6)7/h4-6,9-10,15,17-18,20H,7-8,11-14,16H2,1-3H3,(H,35,38)(H2,32,33,34,36);(H,6,7). The molecule has 2 aliphatic heterocycles. The number of alkyl halides is 3. The zero-order chi connectivity index (χ0) is 33.6. The Balaban J connectivity index is 0.000000617. The molecule has 3 heterocycles. The molecule has 2 amide bonds. The Bertz CT molecular complexity index is 1590. The van der Waals surface area contributed by atoms with Crippen molar-refractivity contribution in [1.82, 2.24) is 14.9 Å². The van der Waals surface area contributed by atoms with Gasteiger partial charge in [0.2, 0.25) is 17.8 Å². The molecule has 1 saturated heterocycles. The molecule has 0 unspecified atom stereocenters. The third-order valence-electron chi connectivity index (χ3n) is 7.51. The van der Waals surface area contributed by atoms with Crippen molar-refractivity contribution in [3.8, 4) is 0 Å². The van der Waals surface area contributed by atoms with Gasteiger partial charge in [0, 0.05) is 42.0 Å². The fourth-order valence-corrected chi connectivity index (χ4v) is 5.28. The number of hydrogen-bond acceptors (Lipinski definition) is 7. The molecule has 1 aromatic heterocycles. The molecular weight excluding hydrogens is 625 g/mol. The smallest absolute Gasteiger partial charge is 0.475 e. The molecule has 0 saturated carbocycles. The van der Waals surface area contributed by atoms with Crippen molar-refractivity contribution < 1.29 is 32.7 Å². The van der Waals surface area contributed by atoms with Gasteiger partial charge >= 0.3 is 12.1 Å². The summed E-state index contributed by atoms with van der Waals surface area (Å²) in [6.07, 6.45) is 0.181. The number of rotatable bonds is 3. The first-order chi connectivity index (χ1) is 21.6. The largest absolute Gasteiger partial charge is 0.490 e. The first-order valence-electron chi connectivity index (χ1n) is 14.8. The van der Waals surface area contributed by atoms with Gasteiger partial charge in [-0.05, 0) is 73.1 Å². The number of hydrogen-bond donors (Lipinski definition) is 4. The van der Waals surface area contributed by atoms with Gasteiger partial charge in [-0.15, -0.1) is 0 Å². The zero-order valence-electron chi connectivity index (χ0n) is 25.7. The van der Waals surface area contributed by atoms with E-state index < -0.39 is 12.1 Å². The number of carboxylic acid groups (broad SMARTS) is 1. The molecule has 0 atom stereocenters. The molecule has 6 bridgehead atoms. The number of nitrogens with zero attached hydrogens (tertiary/aromatic N) is 3. The minimum atomic E-state index is -5.08. The number of nitrogens with one attached hydrogen (secondary N) is 3. The molecule has 14 heteroatoms. The first-order valence-corrected chi connectivity index (χ1v) is 15.1. The van der Waals surface area contributed by atoms with Gasteiger partial charge in [-0.2, -0.15) is 18.2 Å². The van der Waals surface area contributed by atoms with E-state index in [9.17, 15) is 22.8 Å². The van der Waals surface area contributed by atoms with Gasteiger partial charge < -0.3 is 26.0 Å². The third kappa shape index (κ3) is 9.56. The summed E-state index contributed by atoms with van der Waals surface area (Å²) in [5, 5.41) is 17.3. The summed E-state index contributed by atoms with van der Waals surface area (Å²) < 4.78 is 31.7. The van der Waals surface area contributed by atoms with Crippen LogP contribution in [0.4, 0.5) is 42.0 Å². The number of aromatic nitrogens is 2. The van der Waals surface area contributed by atoms with E-state index in [4.69, 9.17) is 21.5 Å². The van der Waals surface area contributed by atoms with Crippen LogP contribution in [-0.2, 0) is 27.2 Å². The number of aryl methyl sites for hydroxylation is 2. The molecule has 1 fully saturated rings. The van der Waals surface area contributed by atoms with Crippen LogP contribution in [0.5, 0.6) is 0 Å². The maximum absolute atomic E-state index is 13.1. The van der Waals surface area contributed by atoms with Gasteiger partial charge in [0.1, 0.15) is 5.02 Å². The van der Waals surface area contributed by atoms with Gasteiger partial charge in [0.05, 0.1) is 6.20 Å². The predicted molar refractivity (Wildman–Crippen MR) is 170 cm³/mol. The number of aliphatic carboxylic acids is 1. The van der Waals surface area contributed by atoms with Crippen molar-refractivity contribution in [2.24, 2.45) is 11.3 Å². The van der Waals surface area contributed by atoms with Crippen LogP contribution in [0.1, 0.15) is 51.2 Å². The van der Waals surface area contributed by atoms with Gasteiger partial charge in [-0.3, -0.25) is 9.59 Å². The van der Waals surface area contributed by atoms with Gasteiger partial charge in [-0.1, -0.05) is 44.5 Å². The molecule has 10 nitrogen and oxygen atoms in total. The lowest BCUT2D eigenvalue weighted by Crippen LogP contribution is -2.44. The van der Waals surface area contributed by atoms with Gasteiger partial charge in [0.25, 0.3) is 0 Å². The van der Waals surface area contributed by atoms with Crippen LogP contribution in [-0.4, -0.2) is 57.0 Å². The molecule has 0 aliphatic carbocycles. The Morgan fingerprint density at radius 1 is 1.02 bits per heavy atom. The highest BCUT2D eigenvalue weighted by molar-refractivity contribution is 6.32. The maximum Gasteiger partial charge on any atom is 0.490 e. The van der Waals surface area contributed by atoms with Crippen LogP contribution in [0.2, 0.25) is 5.02 Å². The quantitative estimate of drug-likeness (QED) is 0.237. The number of benzene rings is 2. The SMILES string of the molecule is CC(C)(C)C(=O)N1CCC(CC(=O)Nc2ccc3cc2CCc2cccc(c2)Nc2ncc(Cl)c(n2)N3)CC1.O=C(O)C(F)(F)F. The average molecular weight is 661 g/mol. The highest BCUT2D eigenvalue weighted by Gasteiger charge is 2.38. The third-order valence-corrected chi connectivity index (χ3v) is 7.79. The number of carbonyl (C=O) groups is 3. The van der Waals surface area contributed by atoms with Crippen molar-refractivity contribution in [1.29, 1.82) is 0 Å². The number of fused-ring (bicyclic) bond motifs is 6. The number of piperidine rings is 1. The molecule has 246 valence electrons. The Morgan fingerprint density at radius 3 is 2.35 bits per heavy atom. The van der Waals surface area contributed by atoms with Crippen molar-refractivity contribution in [3.63, 3.8) is 0 Å². The Hall–Kier alpha value is -4.39. The highest BCUT2D eigenvalue weighted by atomic mass is 35.5. The first kappa shape index (κ1) is 34.5. The zero-order valence-corrected chi connectivity index (χ0v) is 26.4. The molecular formula is C32H36ClF3N6O4. The number of carboxylic acids is 1. The van der Waals surface area contributed by atoms with Gasteiger partial charge in [0.15, 0.2) is 5.82 Å². The summed E-state index contributed by atoms with van der Waals surface area (Å²) in [6.45, 7) is 7.28. The lowest BCUT2D eigenvalue weighted by molar-refractivity contribution is -0.192. The van der Waals surface area contributed by atoms with E-state index in [0.717, 1.165) is 48.3 Å². The maximum atomic E-state index is 13.1. The number of carbonyl (C=O) groups excluding carboxylic acids is 2. The van der Waals surface area contributed by atoms with E-state index in [-0.39, 0.29) is 23.1 Å². The fraction of sp³-hybridized carbons (Fsp3) is 0.406. The Morgan fingerprint density at radius 2 is 1.70 bits per heavy atom. The number of halogens is 4. The minimum absolute atomic E-state index is 0.00478. The van der Waals surface area contributed by atoms with Gasteiger partial charge in [-0.25, -0.2) is 9.78 Å². The molecule has 4 N–H and O–H groups in total. The van der Waals surface area contributed by atoms with Crippen molar-refractivity contribution in [2.75, 3.05) is 29.0 Å². The summed E-state index contributed by atoms with van der Waals surface area (Å²) in [5.41, 5.74) is 4.36. The molecule has 2 aromatic carbocycles.